The zero-order valence-electron chi connectivity index (χ0n) is 15.3. The van der Waals surface area contributed by atoms with Gasteiger partial charge in [0.1, 0.15) is 5.75 Å². The maximum atomic E-state index is 12.9. The van der Waals surface area contributed by atoms with Gasteiger partial charge in [-0.05, 0) is 38.1 Å². The minimum atomic E-state index is 0.0466. The van der Waals surface area contributed by atoms with Gasteiger partial charge in [-0.1, -0.05) is 6.92 Å². The Morgan fingerprint density at radius 3 is 2.76 bits per heavy atom. The first kappa shape index (κ1) is 19.6. The molecular formula is C19H27N3O2S. The summed E-state index contributed by atoms with van der Waals surface area (Å²) in [7, 11) is 0. The van der Waals surface area contributed by atoms with Crippen molar-refractivity contribution in [3.05, 3.63) is 24.3 Å². The van der Waals surface area contributed by atoms with Crippen molar-refractivity contribution in [1.82, 2.24) is 4.90 Å². The van der Waals surface area contributed by atoms with Gasteiger partial charge in [-0.25, -0.2) is 0 Å². The second-order valence-corrected chi connectivity index (χ2v) is 7.65. The molecule has 25 heavy (non-hydrogen) atoms. The molecule has 2 rings (SSSR count). The molecule has 1 aromatic carbocycles. The van der Waals surface area contributed by atoms with Gasteiger partial charge < -0.3 is 9.64 Å². The highest BCUT2D eigenvalue weighted by atomic mass is 32.2. The van der Waals surface area contributed by atoms with Crippen molar-refractivity contribution in [3.8, 4) is 11.8 Å². The van der Waals surface area contributed by atoms with Crippen LogP contribution < -0.4 is 9.64 Å². The van der Waals surface area contributed by atoms with Crippen molar-refractivity contribution in [2.75, 3.05) is 36.9 Å². The van der Waals surface area contributed by atoms with Crippen molar-refractivity contribution < 1.29 is 9.53 Å². The van der Waals surface area contributed by atoms with Gasteiger partial charge in [0.2, 0.25) is 5.91 Å². The fourth-order valence-electron chi connectivity index (χ4n) is 2.93. The highest BCUT2D eigenvalue weighted by molar-refractivity contribution is 8.00. The molecule has 136 valence electrons. The van der Waals surface area contributed by atoms with Crippen LogP contribution in [0.1, 0.15) is 27.2 Å². The molecule has 0 N–H and O–H groups in total. The van der Waals surface area contributed by atoms with Gasteiger partial charge in [-0.2, -0.15) is 17.0 Å². The summed E-state index contributed by atoms with van der Waals surface area (Å²) in [5.74, 6) is 1.89. The molecule has 1 fully saturated rings. The number of rotatable bonds is 7. The molecule has 1 heterocycles. The molecule has 0 aromatic heterocycles. The Labute approximate surface area is 154 Å². The summed E-state index contributed by atoms with van der Waals surface area (Å²) in [5, 5.41) is 9.46. The summed E-state index contributed by atoms with van der Waals surface area (Å²) in [6.07, 6.45) is 0.320. The van der Waals surface area contributed by atoms with Crippen LogP contribution in [0.25, 0.3) is 0 Å². The van der Waals surface area contributed by atoms with Gasteiger partial charge in [0, 0.05) is 35.8 Å². The number of nitriles is 1. The van der Waals surface area contributed by atoms with Crippen LogP contribution >= 0.6 is 11.8 Å². The van der Waals surface area contributed by atoms with Crippen LogP contribution in [0.15, 0.2) is 24.3 Å². The lowest BCUT2D eigenvalue weighted by atomic mass is 10.2. The van der Waals surface area contributed by atoms with Crippen LogP contribution in [0, 0.1) is 11.3 Å². The van der Waals surface area contributed by atoms with Crippen molar-refractivity contribution >= 4 is 23.4 Å². The monoisotopic (exact) mass is 361 g/mol. The summed E-state index contributed by atoms with van der Waals surface area (Å²) in [6, 6.07) is 10.0. The number of hydrogen-bond acceptors (Lipinski definition) is 5. The van der Waals surface area contributed by atoms with E-state index in [1.807, 2.05) is 43.0 Å². The predicted octanol–water partition coefficient (Wildman–Crippen LogP) is 3.16. The Kier molecular flexibility index (Phi) is 7.60. The molecule has 1 aliphatic heterocycles. The minimum Gasteiger partial charge on any atom is -0.494 e. The second kappa shape index (κ2) is 9.69. The van der Waals surface area contributed by atoms with Crippen LogP contribution in [0.4, 0.5) is 5.69 Å². The van der Waals surface area contributed by atoms with Gasteiger partial charge in [0.25, 0.3) is 0 Å². The van der Waals surface area contributed by atoms with Gasteiger partial charge in [-0.3, -0.25) is 9.69 Å². The number of ether oxygens (including phenoxy) is 1. The molecule has 6 heteroatoms. The summed E-state index contributed by atoms with van der Waals surface area (Å²) < 4.78 is 5.46. The van der Waals surface area contributed by atoms with E-state index >= 15 is 0 Å². The lowest BCUT2D eigenvalue weighted by Crippen LogP contribution is -2.50. The van der Waals surface area contributed by atoms with Crippen LogP contribution in [0.5, 0.6) is 5.75 Å². The molecule has 1 saturated heterocycles. The maximum Gasteiger partial charge on any atom is 0.241 e. The molecule has 0 saturated carbocycles. The summed E-state index contributed by atoms with van der Waals surface area (Å²) >= 11 is 1.96. The Balaban J connectivity index is 2.10. The molecule has 2 atom stereocenters. The van der Waals surface area contributed by atoms with E-state index in [0.717, 1.165) is 23.7 Å². The Morgan fingerprint density at radius 2 is 2.12 bits per heavy atom. The van der Waals surface area contributed by atoms with Gasteiger partial charge in [-0.15, -0.1) is 0 Å². The number of hydrogen-bond donors (Lipinski definition) is 0. The summed E-state index contributed by atoms with van der Waals surface area (Å²) in [4.78, 5) is 16.9. The highest BCUT2D eigenvalue weighted by Gasteiger charge is 2.28. The molecule has 1 aromatic rings. The zero-order chi connectivity index (χ0) is 18.2. The average Bonchev–Trinajstić information content (AvgIpc) is 2.61. The van der Waals surface area contributed by atoms with E-state index in [9.17, 15) is 4.79 Å². The zero-order valence-corrected chi connectivity index (χ0v) is 16.1. The smallest absolute Gasteiger partial charge is 0.241 e. The molecule has 0 bridgehead atoms. The van der Waals surface area contributed by atoms with E-state index in [1.54, 1.807) is 4.90 Å². The molecule has 2 unspecified atom stereocenters. The number of benzene rings is 1. The second-order valence-electron chi connectivity index (χ2n) is 6.17. The van der Waals surface area contributed by atoms with Crippen LogP contribution in [0.2, 0.25) is 0 Å². The van der Waals surface area contributed by atoms with E-state index in [1.165, 1.54) is 0 Å². The Bertz CT molecular complexity index is 600. The van der Waals surface area contributed by atoms with E-state index in [4.69, 9.17) is 10.00 Å². The quantitative estimate of drug-likeness (QED) is 0.747. The molecule has 1 aliphatic rings. The molecule has 0 spiro atoms. The topological polar surface area (TPSA) is 56.6 Å². The van der Waals surface area contributed by atoms with Crippen molar-refractivity contribution in [2.24, 2.45) is 0 Å². The third-order valence-electron chi connectivity index (χ3n) is 4.56. The number of thioether (sulfide) groups is 1. The molecule has 0 radical (unpaired) electrons. The van der Waals surface area contributed by atoms with Gasteiger partial charge in [0.15, 0.2) is 0 Å². The lowest BCUT2D eigenvalue weighted by Gasteiger charge is -2.38. The third kappa shape index (κ3) is 5.38. The maximum absolute atomic E-state index is 12.9. The number of anilines is 1. The van der Waals surface area contributed by atoms with E-state index < -0.39 is 0 Å². The Hall–Kier alpha value is -1.71. The first-order valence-electron chi connectivity index (χ1n) is 8.82. The van der Waals surface area contributed by atoms with Crippen LogP contribution in [-0.2, 0) is 4.79 Å². The van der Waals surface area contributed by atoms with Crippen molar-refractivity contribution in [3.63, 3.8) is 0 Å². The first-order valence-corrected chi connectivity index (χ1v) is 9.87. The first-order chi connectivity index (χ1) is 12.1. The lowest BCUT2D eigenvalue weighted by molar-refractivity contribution is -0.120. The van der Waals surface area contributed by atoms with Crippen LogP contribution in [-0.4, -0.2) is 54.1 Å². The van der Waals surface area contributed by atoms with Crippen molar-refractivity contribution in [1.29, 1.82) is 5.26 Å². The number of carbonyl (C=O) groups excluding carboxylic acids is 1. The number of carbonyl (C=O) groups is 1. The van der Waals surface area contributed by atoms with Crippen LogP contribution in [0.3, 0.4) is 0 Å². The van der Waals surface area contributed by atoms with E-state index in [-0.39, 0.29) is 5.91 Å². The van der Waals surface area contributed by atoms with Gasteiger partial charge >= 0.3 is 0 Å². The number of amides is 1. The predicted molar refractivity (Wildman–Crippen MR) is 103 cm³/mol. The largest absolute Gasteiger partial charge is 0.494 e. The number of nitrogens with zero attached hydrogens (tertiary/aromatic N) is 3. The molecule has 1 amide bonds. The third-order valence-corrected chi connectivity index (χ3v) is 5.90. The standard InChI is InChI=1S/C19H27N3O2S/c1-4-24-18-8-6-17(7-9-18)22(11-5-10-20)19(23)14-21-12-13-25-16(3)15(21)2/h6-9,15-16H,4-5,11-14H2,1-3H3. The summed E-state index contributed by atoms with van der Waals surface area (Å²) in [5.41, 5.74) is 0.816. The minimum absolute atomic E-state index is 0.0466. The molecular weight excluding hydrogens is 334 g/mol. The summed E-state index contributed by atoms with van der Waals surface area (Å²) in [6.45, 7) is 8.68. The fourth-order valence-corrected chi connectivity index (χ4v) is 4.09. The van der Waals surface area contributed by atoms with E-state index in [2.05, 4.69) is 24.8 Å². The fraction of sp³-hybridized carbons (Fsp3) is 0.579. The van der Waals surface area contributed by atoms with Gasteiger partial charge in [0.05, 0.1) is 25.6 Å². The van der Waals surface area contributed by atoms with Crippen molar-refractivity contribution in [2.45, 2.75) is 38.5 Å². The highest BCUT2D eigenvalue weighted by Crippen LogP contribution is 2.25. The SMILES string of the molecule is CCOc1ccc(N(CCC#N)C(=O)CN2CCSC(C)C2C)cc1. The Morgan fingerprint density at radius 1 is 1.40 bits per heavy atom. The average molecular weight is 362 g/mol. The normalized spacial score (nSPS) is 20.7. The molecule has 0 aliphatic carbocycles. The van der Waals surface area contributed by atoms with E-state index in [0.29, 0.717) is 37.4 Å². The molecule has 5 nitrogen and oxygen atoms in total.